The van der Waals surface area contributed by atoms with Crippen molar-refractivity contribution in [1.29, 1.82) is 0 Å². The maximum Gasteiger partial charge on any atom is 0.0541 e. The highest BCUT2D eigenvalue weighted by molar-refractivity contribution is 6.19. The van der Waals surface area contributed by atoms with Crippen LogP contribution in [0.5, 0.6) is 0 Å². The molecule has 0 spiro atoms. The molecule has 0 saturated heterocycles. The van der Waals surface area contributed by atoms with Crippen molar-refractivity contribution in [3.63, 3.8) is 0 Å². The number of hydrogen-bond donors (Lipinski definition) is 0. The maximum atomic E-state index is 2.44. The zero-order valence-electron chi connectivity index (χ0n) is 34.8. The zero-order chi connectivity index (χ0) is 41.9. The lowest BCUT2D eigenvalue weighted by Crippen LogP contribution is -1.94. The molecule has 1 aliphatic rings. The first kappa shape index (κ1) is 35.2. The lowest BCUT2D eigenvalue weighted by molar-refractivity contribution is 1.18. The standard InChI is InChI=1S/C62H38N2/c1-2-13-46(14-3-1)63-58-20-9-8-17-51(58)55-37-44(27-33-59(55)63)45-28-34-61-57(38-45)56-36-43(26-32-60(56)64(61)47-29-25-39-11-4-5-12-42(39)35-47)40-21-23-41(24-22-40)48-30-31-54-50-16-7-6-15-49(50)53-19-10-18-52(48)62(53)54/h1-38H. The second kappa shape index (κ2) is 13.5. The van der Waals surface area contributed by atoms with Gasteiger partial charge in [0.15, 0.2) is 0 Å². The molecule has 0 saturated carbocycles. The molecule has 2 nitrogen and oxygen atoms in total. The van der Waals surface area contributed by atoms with Crippen molar-refractivity contribution in [2.75, 3.05) is 0 Å². The molecule has 64 heavy (non-hydrogen) atoms. The van der Waals surface area contributed by atoms with Crippen molar-refractivity contribution in [3.8, 4) is 67.0 Å². The van der Waals surface area contributed by atoms with E-state index >= 15 is 0 Å². The van der Waals surface area contributed by atoms with Crippen LogP contribution in [0.4, 0.5) is 0 Å². The Labute approximate surface area is 370 Å². The Hall–Kier alpha value is -8.46. The highest BCUT2D eigenvalue weighted by Crippen LogP contribution is 2.49. The van der Waals surface area contributed by atoms with Crippen LogP contribution in [-0.4, -0.2) is 9.13 Å². The average Bonchev–Trinajstić information content (AvgIpc) is 4.00. The predicted molar refractivity (Wildman–Crippen MR) is 271 cm³/mol. The molecule has 0 fully saturated rings. The minimum absolute atomic E-state index is 1.16. The van der Waals surface area contributed by atoms with Crippen LogP contribution < -0.4 is 0 Å². The van der Waals surface area contributed by atoms with Crippen LogP contribution in [0.15, 0.2) is 231 Å². The van der Waals surface area contributed by atoms with Gasteiger partial charge in [-0.15, -0.1) is 0 Å². The fraction of sp³-hybridized carbons (Fsp3) is 0. The van der Waals surface area contributed by atoms with Crippen LogP contribution in [0, 0.1) is 0 Å². The van der Waals surface area contributed by atoms with Crippen LogP contribution in [0.1, 0.15) is 0 Å². The highest BCUT2D eigenvalue weighted by atomic mass is 15.0. The number of para-hydroxylation sites is 2. The third-order valence-electron chi connectivity index (χ3n) is 13.9. The third-order valence-corrected chi connectivity index (χ3v) is 13.9. The van der Waals surface area contributed by atoms with Crippen molar-refractivity contribution in [2.24, 2.45) is 0 Å². The van der Waals surface area contributed by atoms with Gasteiger partial charge in [0.25, 0.3) is 0 Å². The van der Waals surface area contributed by atoms with Gasteiger partial charge in [-0.3, -0.25) is 0 Å². The Balaban J connectivity index is 0.915. The van der Waals surface area contributed by atoms with E-state index in [-0.39, 0.29) is 0 Å². The number of benzene rings is 11. The zero-order valence-corrected chi connectivity index (χ0v) is 34.8. The normalized spacial score (nSPS) is 12.1. The first-order valence-electron chi connectivity index (χ1n) is 22.2. The summed E-state index contributed by atoms with van der Waals surface area (Å²) in [7, 11) is 0. The average molecular weight is 811 g/mol. The van der Waals surface area contributed by atoms with Gasteiger partial charge in [0.05, 0.1) is 22.1 Å². The lowest BCUT2D eigenvalue weighted by Gasteiger charge is -2.11. The number of hydrogen-bond acceptors (Lipinski definition) is 0. The van der Waals surface area contributed by atoms with E-state index in [1.165, 1.54) is 126 Å². The molecule has 2 aromatic heterocycles. The predicted octanol–water partition coefficient (Wildman–Crippen LogP) is 16.8. The lowest BCUT2D eigenvalue weighted by atomic mass is 9.93. The van der Waals surface area contributed by atoms with E-state index < -0.39 is 0 Å². The molecule has 1 aliphatic carbocycles. The molecule has 0 atom stereocenters. The van der Waals surface area contributed by atoms with E-state index in [2.05, 4.69) is 240 Å². The summed E-state index contributed by atoms with van der Waals surface area (Å²) < 4.78 is 4.83. The summed E-state index contributed by atoms with van der Waals surface area (Å²) in [6, 6.07) is 85.3. The van der Waals surface area contributed by atoms with Gasteiger partial charge in [-0.1, -0.05) is 164 Å². The summed E-state index contributed by atoms with van der Waals surface area (Å²) in [6.07, 6.45) is 0. The molecule has 2 heteroatoms. The van der Waals surface area contributed by atoms with Gasteiger partial charge in [-0.2, -0.15) is 0 Å². The number of aromatic nitrogens is 2. The number of fused-ring (bicyclic) bond motifs is 10. The van der Waals surface area contributed by atoms with E-state index in [0.29, 0.717) is 0 Å². The quantitative estimate of drug-likeness (QED) is 0.164. The summed E-state index contributed by atoms with van der Waals surface area (Å²) in [5, 5.41) is 10.1. The summed E-state index contributed by atoms with van der Waals surface area (Å²) in [5.41, 5.74) is 19.8. The highest BCUT2D eigenvalue weighted by Gasteiger charge is 2.23. The Morgan fingerprint density at radius 1 is 0.219 bits per heavy atom. The molecule has 0 aliphatic heterocycles. The molecule has 14 rings (SSSR count). The van der Waals surface area contributed by atoms with Crippen molar-refractivity contribution in [2.45, 2.75) is 0 Å². The van der Waals surface area contributed by atoms with E-state index in [0.717, 1.165) is 5.69 Å². The van der Waals surface area contributed by atoms with Gasteiger partial charge in [0.1, 0.15) is 0 Å². The van der Waals surface area contributed by atoms with Crippen molar-refractivity contribution in [3.05, 3.63) is 231 Å². The van der Waals surface area contributed by atoms with Crippen molar-refractivity contribution >= 4 is 65.2 Å². The maximum absolute atomic E-state index is 2.44. The van der Waals surface area contributed by atoms with Gasteiger partial charge < -0.3 is 9.13 Å². The van der Waals surface area contributed by atoms with Crippen LogP contribution in [0.25, 0.3) is 132 Å². The van der Waals surface area contributed by atoms with Gasteiger partial charge in [0.2, 0.25) is 0 Å². The van der Waals surface area contributed by atoms with E-state index in [9.17, 15) is 0 Å². The summed E-state index contributed by atoms with van der Waals surface area (Å²) in [4.78, 5) is 0. The molecule has 11 aromatic carbocycles. The number of nitrogens with zero attached hydrogens (tertiary/aromatic N) is 2. The molecule has 0 unspecified atom stereocenters. The largest absolute Gasteiger partial charge is 0.309 e. The summed E-state index contributed by atoms with van der Waals surface area (Å²) >= 11 is 0. The van der Waals surface area contributed by atoms with Gasteiger partial charge >= 0.3 is 0 Å². The molecule has 13 aromatic rings. The smallest absolute Gasteiger partial charge is 0.0541 e. The van der Waals surface area contributed by atoms with E-state index in [4.69, 9.17) is 0 Å². The fourth-order valence-electron chi connectivity index (χ4n) is 10.9. The topological polar surface area (TPSA) is 9.86 Å². The Bertz CT molecular complexity index is 4020. The first-order chi connectivity index (χ1) is 31.7. The molecule has 296 valence electrons. The molecular formula is C62H38N2. The summed E-state index contributed by atoms with van der Waals surface area (Å²) in [5.74, 6) is 0. The second-order valence-corrected chi connectivity index (χ2v) is 17.3. The van der Waals surface area contributed by atoms with E-state index in [1.807, 2.05) is 0 Å². The first-order valence-corrected chi connectivity index (χ1v) is 22.2. The van der Waals surface area contributed by atoms with Crippen molar-refractivity contribution < 1.29 is 0 Å². The molecule has 2 heterocycles. The fourth-order valence-corrected chi connectivity index (χ4v) is 10.9. The van der Waals surface area contributed by atoms with E-state index in [1.54, 1.807) is 0 Å². The second-order valence-electron chi connectivity index (χ2n) is 17.3. The summed E-state index contributed by atoms with van der Waals surface area (Å²) in [6.45, 7) is 0. The van der Waals surface area contributed by atoms with Gasteiger partial charge in [0, 0.05) is 32.9 Å². The Morgan fingerprint density at radius 2 is 0.703 bits per heavy atom. The van der Waals surface area contributed by atoms with Crippen LogP contribution in [0.3, 0.4) is 0 Å². The minimum atomic E-state index is 1.16. The minimum Gasteiger partial charge on any atom is -0.309 e. The molecular weight excluding hydrogens is 773 g/mol. The monoisotopic (exact) mass is 810 g/mol. The Kier molecular flexibility index (Phi) is 7.43. The van der Waals surface area contributed by atoms with Gasteiger partial charge in [-0.05, 0) is 144 Å². The van der Waals surface area contributed by atoms with Crippen LogP contribution in [-0.2, 0) is 0 Å². The molecule has 0 N–H and O–H groups in total. The Morgan fingerprint density at radius 3 is 1.42 bits per heavy atom. The van der Waals surface area contributed by atoms with Crippen LogP contribution in [0.2, 0.25) is 0 Å². The number of rotatable bonds is 5. The third kappa shape index (κ3) is 5.14. The van der Waals surface area contributed by atoms with Gasteiger partial charge in [-0.25, -0.2) is 0 Å². The SMILES string of the molecule is c1ccc(-n2c3ccccc3c3cc(-c4ccc5c(c4)c4cc(-c6ccc(-c7ccc8c9c(cccc79)-c7ccccc7-8)cc6)ccc4n5-c4ccc5ccccc5c4)ccc32)cc1. The van der Waals surface area contributed by atoms with Crippen LogP contribution >= 0.6 is 0 Å². The molecule has 0 radical (unpaired) electrons. The molecule has 0 bridgehead atoms. The molecule has 0 amide bonds. The van der Waals surface area contributed by atoms with Crippen molar-refractivity contribution in [1.82, 2.24) is 9.13 Å².